The van der Waals surface area contributed by atoms with E-state index in [1.807, 2.05) is 71.6 Å². The molecule has 0 aromatic heterocycles. The third-order valence-corrected chi connectivity index (χ3v) is 6.22. The van der Waals surface area contributed by atoms with Crippen molar-refractivity contribution in [2.45, 2.75) is 38.1 Å². The van der Waals surface area contributed by atoms with Crippen molar-refractivity contribution in [2.75, 3.05) is 6.61 Å². The van der Waals surface area contributed by atoms with Crippen LogP contribution in [0.3, 0.4) is 0 Å². The number of thioether (sulfide) groups is 1. The maximum atomic E-state index is 13.3. The topological polar surface area (TPSA) is 65.7 Å². The Morgan fingerprint density at radius 2 is 1.83 bits per heavy atom. The average Bonchev–Trinajstić information content (AvgIpc) is 3.09. The van der Waals surface area contributed by atoms with Crippen LogP contribution < -0.4 is 4.74 Å². The molecule has 152 valence electrons. The number of carbonyl (C=O) groups is 1. The van der Waals surface area contributed by atoms with Gasteiger partial charge in [0.05, 0.1) is 10.6 Å². The molecule has 0 N–H and O–H groups in total. The van der Waals surface area contributed by atoms with Gasteiger partial charge >= 0.3 is 0 Å². The van der Waals surface area contributed by atoms with E-state index < -0.39 is 0 Å². The molecule has 2 aromatic carbocycles. The molecular weight excluding hydrogens is 394 g/mol. The predicted octanol–water partition coefficient (Wildman–Crippen LogP) is 5.53. The Morgan fingerprint density at radius 1 is 1.10 bits per heavy atom. The first-order chi connectivity index (χ1) is 14.7. The van der Waals surface area contributed by atoms with Crippen LogP contribution in [0.4, 0.5) is 5.69 Å². The normalized spacial score (nSPS) is 20.0. The number of hydrogen-bond acceptors (Lipinski definition) is 5. The van der Waals surface area contributed by atoms with Crippen LogP contribution in [0, 0.1) is 11.3 Å². The summed E-state index contributed by atoms with van der Waals surface area (Å²) in [6, 6.07) is 19.4. The van der Waals surface area contributed by atoms with Gasteiger partial charge in [0.15, 0.2) is 11.8 Å². The fraction of sp³-hybridized carbons (Fsp3) is 0.292. The van der Waals surface area contributed by atoms with E-state index in [-0.39, 0.29) is 18.6 Å². The van der Waals surface area contributed by atoms with Gasteiger partial charge in [-0.3, -0.25) is 9.69 Å². The lowest BCUT2D eigenvalue weighted by molar-refractivity contribution is -0.124. The van der Waals surface area contributed by atoms with Crippen molar-refractivity contribution in [3.63, 3.8) is 0 Å². The fourth-order valence-electron chi connectivity index (χ4n) is 3.77. The van der Waals surface area contributed by atoms with Crippen LogP contribution in [0.15, 0.2) is 64.5 Å². The summed E-state index contributed by atoms with van der Waals surface area (Å²) >= 11 is 1.44. The molecule has 1 aliphatic carbocycles. The molecule has 4 rings (SSSR count). The molecule has 1 aliphatic heterocycles. The second kappa shape index (κ2) is 9.64. The maximum Gasteiger partial charge on any atom is 0.267 e. The minimum atomic E-state index is 0.0183. The molecule has 0 radical (unpaired) electrons. The van der Waals surface area contributed by atoms with E-state index in [4.69, 9.17) is 15.0 Å². The number of carbonyl (C=O) groups excluding carboxylic acids is 1. The van der Waals surface area contributed by atoms with Crippen LogP contribution in [-0.2, 0) is 4.79 Å². The van der Waals surface area contributed by atoms with E-state index in [0.29, 0.717) is 10.7 Å². The average molecular weight is 418 g/mol. The maximum absolute atomic E-state index is 13.3. The van der Waals surface area contributed by atoms with Crippen LogP contribution in [-0.4, -0.2) is 28.6 Å². The van der Waals surface area contributed by atoms with Gasteiger partial charge in [0.1, 0.15) is 11.8 Å². The lowest BCUT2D eigenvalue weighted by Crippen LogP contribution is -2.40. The number of aliphatic imine (C=N–C) groups is 1. The van der Waals surface area contributed by atoms with Gasteiger partial charge in [-0.2, -0.15) is 5.26 Å². The van der Waals surface area contributed by atoms with Gasteiger partial charge in [0.2, 0.25) is 0 Å². The molecule has 2 aromatic rings. The summed E-state index contributed by atoms with van der Waals surface area (Å²) in [5.41, 5.74) is 1.77. The molecule has 0 unspecified atom stereocenters. The molecule has 0 spiro atoms. The van der Waals surface area contributed by atoms with E-state index in [1.165, 1.54) is 18.2 Å². The number of amidine groups is 1. The van der Waals surface area contributed by atoms with Gasteiger partial charge < -0.3 is 4.74 Å². The number of para-hydroxylation sites is 1. The minimum Gasteiger partial charge on any atom is -0.479 e. The van der Waals surface area contributed by atoms with Crippen molar-refractivity contribution < 1.29 is 9.53 Å². The Kier molecular flexibility index (Phi) is 6.50. The van der Waals surface area contributed by atoms with Crippen LogP contribution in [0.25, 0.3) is 6.08 Å². The summed E-state index contributed by atoms with van der Waals surface area (Å²) < 4.78 is 5.30. The van der Waals surface area contributed by atoms with Crippen LogP contribution in [0.5, 0.6) is 5.75 Å². The smallest absolute Gasteiger partial charge is 0.267 e. The number of nitriles is 1. The zero-order valence-electron chi connectivity index (χ0n) is 16.7. The van der Waals surface area contributed by atoms with Crippen LogP contribution in [0.1, 0.15) is 37.7 Å². The van der Waals surface area contributed by atoms with E-state index in [1.54, 1.807) is 0 Å². The Balaban J connectivity index is 1.61. The molecule has 30 heavy (non-hydrogen) atoms. The minimum absolute atomic E-state index is 0.0183. The highest BCUT2D eigenvalue weighted by molar-refractivity contribution is 8.18. The first kappa shape index (κ1) is 20.2. The lowest BCUT2D eigenvalue weighted by atomic mass is 9.94. The first-order valence-corrected chi connectivity index (χ1v) is 11.0. The van der Waals surface area contributed by atoms with Crippen molar-refractivity contribution >= 4 is 34.6 Å². The van der Waals surface area contributed by atoms with E-state index in [0.717, 1.165) is 42.1 Å². The van der Waals surface area contributed by atoms with Crippen molar-refractivity contribution in [3.05, 3.63) is 65.1 Å². The van der Waals surface area contributed by atoms with E-state index >= 15 is 0 Å². The van der Waals surface area contributed by atoms with Gasteiger partial charge in [0.25, 0.3) is 5.91 Å². The molecule has 6 heteroatoms. The molecule has 2 aliphatic rings. The Bertz CT molecular complexity index is 987. The van der Waals surface area contributed by atoms with E-state index in [2.05, 4.69) is 0 Å². The SMILES string of the molecule is N#CCOc1ccc(/C=C2\SC(=Nc3ccccc3)N(C3CCCCC3)C2=O)cc1. The van der Waals surface area contributed by atoms with Crippen molar-refractivity contribution in [1.82, 2.24) is 4.90 Å². The number of nitrogens with zero attached hydrogens (tertiary/aromatic N) is 3. The fourth-order valence-corrected chi connectivity index (χ4v) is 4.82. The largest absolute Gasteiger partial charge is 0.479 e. The second-order valence-electron chi connectivity index (χ2n) is 7.32. The van der Waals surface area contributed by atoms with Gasteiger partial charge in [-0.1, -0.05) is 49.6 Å². The quantitative estimate of drug-likeness (QED) is 0.600. The summed E-state index contributed by atoms with van der Waals surface area (Å²) in [7, 11) is 0. The van der Waals surface area contributed by atoms with Gasteiger partial charge in [-0.25, -0.2) is 4.99 Å². The highest BCUT2D eigenvalue weighted by Crippen LogP contribution is 2.38. The zero-order valence-corrected chi connectivity index (χ0v) is 17.5. The molecule has 5 nitrogen and oxygen atoms in total. The van der Waals surface area contributed by atoms with Crippen LogP contribution >= 0.6 is 11.8 Å². The second-order valence-corrected chi connectivity index (χ2v) is 8.33. The standard InChI is InChI=1S/C24H23N3O2S/c25-15-16-29-21-13-11-18(12-14-21)17-22-23(28)27(20-9-5-2-6-10-20)24(30-22)26-19-7-3-1-4-8-19/h1,3-4,7-8,11-14,17,20H,2,5-6,9-10,16H2/b22-17-,26-24?. The summed E-state index contributed by atoms with van der Waals surface area (Å²) in [6.45, 7) is 0.0183. The highest BCUT2D eigenvalue weighted by atomic mass is 32.2. The van der Waals surface area contributed by atoms with Crippen LogP contribution in [0.2, 0.25) is 0 Å². The lowest BCUT2D eigenvalue weighted by Gasteiger charge is -2.30. The summed E-state index contributed by atoms with van der Waals surface area (Å²) in [5, 5.41) is 9.39. The number of hydrogen-bond donors (Lipinski definition) is 0. The van der Waals surface area contributed by atoms with Crippen molar-refractivity contribution in [3.8, 4) is 11.8 Å². The molecule has 0 atom stereocenters. The molecule has 0 bridgehead atoms. The van der Waals surface area contributed by atoms with Gasteiger partial charge in [-0.15, -0.1) is 0 Å². The number of amides is 1. The Hall–Kier alpha value is -3.04. The Morgan fingerprint density at radius 3 is 2.53 bits per heavy atom. The number of benzene rings is 2. The summed E-state index contributed by atoms with van der Waals surface area (Å²) in [6.07, 6.45) is 7.50. The molecule has 1 saturated carbocycles. The molecule has 1 saturated heterocycles. The third kappa shape index (κ3) is 4.74. The monoisotopic (exact) mass is 417 g/mol. The summed E-state index contributed by atoms with van der Waals surface area (Å²) in [4.78, 5) is 20.7. The predicted molar refractivity (Wildman–Crippen MR) is 120 cm³/mol. The molecule has 1 amide bonds. The molecular formula is C24H23N3O2S. The van der Waals surface area contributed by atoms with E-state index in [9.17, 15) is 4.79 Å². The van der Waals surface area contributed by atoms with Gasteiger partial charge in [-0.05, 0) is 60.5 Å². The molecule has 1 heterocycles. The highest BCUT2D eigenvalue weighted by Gasteiger charge is 2.38. The molecule has 2 fully saturated rings. The van der Waals surface area contributed by atoms with Gasteiger partial charge in [0, 0.05) is 6.04 Å². The Labute approximate surface area is 181 Å². The zero-order chi connectivity index (χ0) is 20.8. The summed E-state index contributed by atoms with van der Waals surface area (Å²) in [5.74, 6) is 0.672. The number of ether oxygens (including phenoxy) is 1. The third-order valence-electron chi connectivity index (χ3n) is 5.24. The first-order valence-electron chi connectivity index (χ1n) is 10.2. The number of rotatable bonds is 5. The van der Waals surface area contributed by atoms with Crippen molar-refractivity contribution in [1.29, 1.82) is 5.26 Å². The van der Waals surface area contributed by atoms with Crippen molar-refractivity contribution in [2.24, 2.45) is 4.99 Å².